The van der Waals surface area contributed by atoms with Crippen LogP contribution < -0.4 is 21.5 Å². The molecule has 1 amide bonds. The highest BCUT2D eigenvalue weighted by atomic mass is 35.5. The monoisotopic (exact) mass is 487 g/mol. The summed E-state index contributed by atoms with van der Waals surface area (Å²) in [6.07, 6.45) is 3.79. The van der Waals surface area contributed by atoms with Gasteiger partial charge in [0.25, 0.3) is 5.56 Å². The van der Waals surface area contributed by atoms with E-state index in [1.54, 1.807) is 7.05 Å². The third-order valence-electron chi connectivity index (χ3n) is 7.18. The summed E-state index contributed by atoms with van der Waals surface area (Å²) >= 11 is 6.10. The SMILES string of the molecule is Cn1c(N2CCC[C@H](C(=O)NCC3CCN(Cc4cccc(Cl)c4)CC3)C2)cc(=O)n(C)c1=O. The first kappa shape index (κ1) is 24.5. The zero-order valence-electron chi connectivity index (χ0n) is 20.0. The average Bonchev–Trinajstić information content (AvgIpc) is 2.84. The summed E-state index contributed by atoms with van der Waals surface area (Å²) in [7, 11) is 3.14. The summed E-state index contributed by atoms with van der Waals surface area (Å²) in [6.45, 7) is 4.88. The first-order valence-electron chi connectivity index (χ1n) is 12.1. The van der Waals surface area contributed by atoms with Crippen molar-refractivity contribution in [2.24, 2.45) is 25.9 Å². The number of anilines is 1. The summed E-state index contributed by atoms with van der Waals surface area (Å²) in [5, 5.41) is 3.95. The molecule has 1 atom stereocenters. The van der Waals surface area contributed by atoms with Gasteiger partial charge in [0.15, 0.2) is 0 Å². The average molecular weight is 488 g/mol. The van der Waals surface area contributed by atoms with Gasteiger partial charge in [0.1, 0.15) is 5.82 Å². The van der Waals surface area contributed by atoms with Crippen LogP contribution in [0.25, 0.3) is 0 Å². The highest BCUT2D eigenvalue weighted by molar-refractivity contribution is 6.30. The molecule has 1 N–H and O–H groups in total. The molecule has 9 heteroatoms. The van der Waals surface area contributed by atoms with Crippen LogP contribution in [0, 0.1) is 11.8 Å². The fraction of sp³-hybridized carbons (Fsp3) is 0.560. The maximum Gasteiger partial charge on any atom is 0.332 e. The van der Waals surface area contributed by atoms with Crippen molar-refractivity contribution >= 4 is 23.3 Å². The predicted molar refractivity (Wildman–Crippen MR) is 134 cm³/mol. The first-order chi connectivity index (χ1) is 16.3. The molecule has 2 aliphatic heterocycles. The van der Waals surface area contributed by atoms with Crippen LogP contribution in [-0.4, -0.2) is 52.7 Å². The summed E-state index contributed by atoms with van der Waals surface area (Å²) in [5.41, 5.74) is 0.553. The van der Waals surface area contributed by atoms with Crippen molar-refractivity contribution in [3.05, 3.63) is 61.8 Å². The molecule has 0 aliphatic carbocycles. The Morgan fingerprint density at radius 1 is 1.06 bits per heavy atom. The maximum absolute atomic E-state index is 12.9. The standard InChI is InChI=1S/C25H34ClN5O3/c1-28-22(14-23(32)29(2)25(28)34)31-10-4-6-20(17-31)24(33)27-15-18-8-11-30(12-9-18)16-19-5-3-7-21(26)13-19/h3,5,7,13-14,18,20H,4,6,8-12,15-17H2,1-2H3,(H,27,33)/t20-/m0/s1. The number of hydrogen-bond donors (Lipinski definition) is 1. The Morgan fingerprint density at radius 3 is 2.56 bits per heavy atom. The Labute approximate surface area is 205 Å². The van der Waals surface area contributed by atoms with E-state index in [2.05, 4.69) is 16.3 Å². The van der Waals surface area contributed by atoms with E-state index in [0.717, 1.165) is 61.5 Å². The lowest BCUT2D eigenvalue weighted by Gasteiger charge is -2.35. The summed E-state index contributed by atoms with van der Waals surface area (Å²) < 4.78 is 2.58. The number of rotatable bonds is 6. The van der Waals surface area contributed by atoms with Crippen molar-refractivity contribution in [2.75, 3.05) is 37.6 Å². The van der Waals surface area contributed by atoms with Crippen molar-refractivity contribution in [3.8, 4) is 0 Å². The van der Waals surface area contributed by atoms with Crippen molar-refractivity contribution in [1.82, 2.24) is 19.4 Å². The second kappa shape index (κ2) is 10.8. The van der Waals surface area contributed by atoms with Gasteiger partial charge in [0.05, 0.1) is 5.92 Å². The molecular weight excluding hydrogens is 454 g/mol. The van der Waals surface area contributed by atoms with Gasteiger partial charge in [-0.1, -0.05) is 23.7 Å². The number of carbonyl (C=O) groups excluding carboxylic acids is 1. The van der Waals surface area contributed by atoms with E-state index in [1.807, 2.05) is 23.1 Å². The van der Waals surface area contributed by atoms with E-state index >= 15 is 0 Å². The van der Waals surface area contributed by atoms with Gasteiger partial charge in [-0.15, -0.1) is 0 Å². The number of benzene rings is 1. The second-order valence-electron chi connectivity index (χ2n) is 9.62. The first-order valence-corrected chi connectivity index (χ1v) is 12.5. The molecule has 184 valence electrons. The Balaban J connectivity index is 1.26. The molecule has 0 bridgehead atoms. The number of halogens is 1. The van der Waals surface area contributed by atoms with Crippen LogP contribution in [0.1, 0.15) is 31.2 Å². The molecule has 1 aromatic carbocycles. The number of nitrogens with zero attached hydrogens (tertiary/aromatic N) is 4. The minimum Gasteiger partial charge on any atom is -0.357 e. The van der Waals surface area contributed by atoms with Crippen molar-refractivity contribution in [2.45, 2.75) is 32.2 Å². The molecule has 0 saturated carbocycles. The lowest BCUT2D eigenvalue weighted by Crippen LogP contribution is -2.47. The molecule has 2 fully saturated rings. The van der Waals surface area contributed by atoms with E-state index in [0.29, 0.717) is 24.8 Å². The molecule has 34 heavy (non-hydrogen) atoms. The Morgan fingerprint density at radius 2 is 1.82 bits per heavy atom. The molecule has 4 rings (SSSR count). The van der Waals surface area contributed by atoms with Crippen LogP contribution in [-0.2, 0) is 25.4 Å². The summed E-state index contributed by atoms with van der Waals surface area (Å²) in [5.74, 6) is 0.991. The topological polar surface area (TPSA) is 79.6 Å². The zero-order valence-corrected chi connectivity index (χ0v) is 20.8. The van der Waals surface area contributed by atoms with E-state index in [1.165, 1.54) is 23.2 Å². The number of amides is 1. The molecule has 1 aromatic heterocycles. The minimum absolute atomic E-state index is 0.0693. The quantitative estimate of drug-likeness (QED) is 0.674. The minimum atomic E-state index is -0.351. The van der Waals surface area contributed by atoms with Crippen LogP contribution in [0.15, 0.2) is 39.9 Å². The van der Waals surface area contributed by atoms with E-state index in [-0.39, 0.29) is 23.1 Å². The lowest BCUT2D eigenvalue weighted by molar-refractivity contribution is -0.125. The molecule has 2 aliphatic rings. The fourth-order valence-electron chi connectivity index (χ4n) is 5.06. The molecule has 0 radical (unpaired) electrons. The van der Waals surface area contributed by atoms with E-state index < -0.39 is 0 Å². The molecule has 3 heterocycles. The number of likely N-dealkylation sites (tertiary alicyclic amines) is 1. The molecule has 2 aromatic rings. The van der Waals surface area contributed by atoms with Crippen molar-refractivity contribution in [3.63, 3.8) is 0 Å². The molecule has 8 nitrogen and oxygen atoms in total. The van der Waals surface area contributed by atoms with Gasteiger partial charge in [0.2, 0.25) is 5.91 Å². The highest BCUT2D eigenvalue weighted by Gasteiger charge is 2.28. The molecule has 2 saturated heterocycles. The van der Waals surface area contributed by atoms with Gasteiger partial charge in [-0.3, -0.25) is 23.6 Å². The van der Waals surface area contributed by atoms with E-state index in [9.17, 15) is 14.4 Å². The van der Waals surface area contributed by atoms with Gasteiger partial charge in [-0.2, -0.15) is 0 Å². The molecule has 0 unspecified atom stereocenters. The zero-order chi connectivity index (χ0) is 24.2. The predicted octanol–water partition coefficient (Wildman–Crippen LogP) is 1.98. The summed E-state index contributed by atoms with van der Waals surface area (Å²) in [6, 6.07) is 9.50. The van der Waals surface area contributed by atoms with Gasteiger partial charge in [-0.05, 0) is 62.4 Å². The van der Waals surface area contributed by atoms with Crippen LogP contribution in [0.4, 0.5) is 5.82 Å². The molecular formula is C25H34ClN5O3. The van der Waals surface area contributed by atoms with Crippen molar-refractivity contribution < 1.29 is 4.79 Å². The third kappa shape index (κ3) is 5.73. The number of aromatic nitrogens is 2. The number of hydrogen-bond acceptors (Lipinski definition) is 5. The smallest absolute Gasteiger partial charge is 0.332 e. The number of carbonyl (C=O) groups is 1. The fourth-order valence-corrected chi connectivity index (χ4v) is 5.27. The highest BCUT2D eigenvalue weighted by Crippen LogP contribution is 2.23. The van der Waals surface area contributed by atoms with Crippen molar-refractivity contribution in [1.29, 1.82) is 0 Å². The lowest BCUT2D eigenvalue weighted by atomic mass is 9.94. The van der Waals surface area contributed by atoms with Gasteiger partial charge >= 0.3 is 5.69 Å². The maximum atomic E-state index is 12.9. The van der Waals surface area contributed by atoms with Crippen LogP contribution >= 0.6 is 11.6 Å². The third-order valence-corrected chi connectivity index (χ3v) is 7.42. The normalized spacial score (nSPS) is 19.9. The Kier molecular flexibility index (Phi) is 7.78. The van der Waals surface area contributed by atoms with E-state index in [4.69, 9.17) is 11.6 Å². The number of nitrogens with one attached hydrogen (secondary N) is 1. The summed E-state index contributed by atoms with van der Waals surface area (Å²) in [4.78, 5) is 41.8. The Hall–Kier alpha value is -2.58. The molecule has 0 spiro atoms. The second-order valence-corrected chi connectivity index (χ2v) is 10.1. The Bertz CT molecular complexity index is 1140. The van der Waals surface area contributed by atoms with Crippen LogP contribution in [0.3, 0.4) is 0 Å². The van der Waals surface area contributed by atoms with Crippen LogP contribution in [0.2, 0.25) is 5.02 Å². The van der Waals surface area contributed by atoms with Gasteiger partial charge in [0, 0.05) is 51.4 Å². The van der Waals surface area contributed by atoms with Crippen LogP contribution in [0.5, 0.6) is 0 Å². The number of piperidine rings is 2. The largest absolute Gasteiger partial charge is 0.357 e. The van der Waals surface area contributed by atoms with Gasteiger partial charge in [-0.25, -0.2) is 4.79 Å². The van der Waals surface area contributed by atoms with Gasteiger partial charge < -0.3 is 10.2 Å².